The van der Waals surface area contributed by atoms with Gasteiger partial charge in [0.1, 0.15) is 6.61 Å². The first-order chi connectivity index (χ1) is 13.1. The number of nitrogens with two attached hydrogens (primary N) is 1. The summed E-state index contributed by atoms with van der Waals surface area (Å²) in [5.41, 5.74) is 8.08. The summed E-state index contributed by atoms with van der Waals surface area (Å²) in [4.78, 5) is 28.1. The minimum absolute atomic E-state index is 0.0730. The van der Waals surface area contributed by atoms with Crippen molar-refractivity contribution in [2.45, 2.75) is 19.1 Å². The van der Waals surface area contributed by atoms with Crippen LogP contribution in [0.1, 0.15) is 11.1 Å². The fourth-order valence-corrected chi connectivity index (χ4v) is 3.11. The highest BCUT2D eigenvalue weighted by molar-refractivity contribution is 5.82. The summed E-state index contributed by atoms with van der Waals surface area (Å²) in [6, 6.07) is 18.7. The quantitative estimate of drug-likeness (QED) is 0.877. The van der Waals surface area contributed by atoms with Gasteiger partial charge in [0.15, 0.2) is 0 Å². The highest BCUT2D eigenvalue weighted by Gasteiger charge is 2.27. The standard InChI is InChI=1S/C21H25N3O3/c22-19(15-17-7-3-1-4-8-17)20(25)23-11-13-24(14-12-23)21(26)27-16-18-9-5-2-6-10-18/h1-10,19H,11-16,22H2/t19-/m1/s1. The zero-order valence-electron chi connectivity index (χ0n) is 15.3. The second kappa shape index (κ2) is 9.19. The Labute approximate surface area is 159 Å². The highest BCUT2D eigenvalue weighted by Crippen LogP contribution is 2.10. The van der Waals surface area contributed by atoms with E-state index in [2.05, 4.69) is 0 Å². The molecule has 2 aromatic carbocycles. The predicted molar refractivity (Wildman–Crippen MR) is 103 cm³/mol. The first-order valence-corrected chi connectivity index (χ1v) is 9.17. The summed E-state index contributed by atoms with van der Waals surface area (Å²) in [7, 11) is 0. The molecule has 1 fully saturated rings. The lowest BCUT2D eigenvalue weighted by atomic mass is 10.1. The van der Waals surface area contributed by atoms with Gasteiger partial charge in [-0.05, 0) is 17.5 Å². The fraction of sp³-hybridized carbons (Fsp3) is 0.333. The molecule has 0 spiro atoms. The summed E-state index contributed by atoms with van der Waals surface area (Å²) in [6.07, 6.45) is 0.165. The van der Waals surface area contributed by atoms with Crippen LogP contribution in [0.2, 0.25) is 0 Å². The maximum atomic E-state index is 12.6. The van der Waals surface area contributed by atoms with Crippen LogP contribution in [-0.4, -0.2) is 54.0 Å². The molecule has 3 rings (SSSR count). The number of hydrogen-bond acceptors (Lipinski definition) is 4. The van der Waals surface area contributed by atoms with Gasteiger partial charge in [0.2, 0.25) is 5.91 Å². The second-order valence-corrected chi connectivity index (χ2v) is 6.65. The summed E-state index contributed by atoms with van der Waals surface area (Å²) in [6.45, 7) is 2.11. The van der Waals surface area contributed by atoms with Gasteiger partial charge in [0, 0.05) is 26.2 Å². The molecule has 0 aliphatic carbocycles. The number of amides is 2. The lowest BCUT2D eigenvalue weighted by Crippen LogP contribution is -2.54. The minimum Gasteiger partial charge on any atom is -0.445 e. The van der Waals surface area contributed by atoms with Gasteiger partial charge < -0.3 is 20.3 Å². The lowest BCUT2D eigenvalue weighted by Gasteiger charge is -2.35. The van der Waals surface area contributed by atoms with Crippen molar-refractivity contribution in [1.29, 1.82) is 0 Å². The number of ether oxygens (including phenoxy) is 1. The minimum atomic E-state index is -0.566. The molecule has 142 valence electrons. The van der Waals surface area contributed by atoms with Crippen molar-refractivity contribution in [3.05, 3.63) is 71.8 Å². The molecule has 0 aromatic heterocycles. The van der Waals surface area contributed by atoms with Crippen LogP contribution < -0.4 is 5.73 Å². The number of hydrogen-bond donors (Lipinski definition) is 1. The van der Waals surface area contributed by atoms with Crippen molar-refractivity contribution in [1.82, 2.24) is 9.80 Å². The van der Waals surface area contributed by atoms with E-state index in [1.165, 1.54) is 0 Å². The maximum Gasteiger partial charge on any atom is 0.410 e. The Balaban J connectivity index is 1.43. The van der Waals surface area contributed by atoms with Crippen LogP contribution >= 0.6 is 0 Å². The van der Waals surface area contributed by atoms with Crippen molar-refractivity contribution < 1.29 is 14.3 Å². The van der Waals surface area contributed by atoms with Gasteiger partial charge in [-0.15, -0.1) is 0 Å². The van der Waals surface area contributed by atoms with E-state index < -0.39 is 6.04 Å². The molecule has 0 bridgehead atoms. The third kappa shape index (κ3) is 5.31. The monoisotopic (exact) mass is 367 g/mol. The molecule has 1 atom stereocenters. The van der Waals surface area contributed by atoms with Gasteiger partial charge in [0.25, 0.3) is 0 Å². The third-order valence-corrected chi connectivity index (χ3v) is 4.67. The molecule has 2 amide bonds. The predicted octanol–water partition coefficient (Wildman–Crippen LogP) is 2.04. The Morgan fingerprint density at radius 2 is 1.37 bits per heavy atom. The first-order valence-electron chi connectivity index (χ1n) is 9.17. The van der Waals surface area contributed by atoms with Crippen LogP contribution in [0.15, 0.2) is 60.7 Å². The molecule has 6 nitrogen and oxygen atoms in total. The van der Waals surface area contributed by atoms with Gasteiger partial charge in [-0.2, -0.15) is 0 Å². The van der Waals surface area contributed by atoms with Gasteiger partial charge >= 0.3 is 6.09 Å². The van der Waals surface area contributed by atoms with Crippen molar-refractivity contribution in [3.63, 3.8) is 0 Å². The van der Waals surface area contributed by atoms with Gasteiger partial charge in [0.05, 0.1) is 6.04 Å². The molecular weight excluding hydrogens is 342 g/mol. The molecule has 0 unspecified atom stereocenters. The fourth-order valence-electron chi connectivity index (χ4n) is 3.11. The largest absolute Gasteiger partial charge is 0.445 e. The van der Waals surface area contributed by atoms with Crippen LogP contribution in [0, 0.1) is 0 Å². The van der Waals surface area contributed by atoms with E-state index in [1.807, 2.05) is 60.7 Å². The maximum absolute atomic E-state index is 12.6. The average molecular weight is 367 g/mol. The molecule has 6 heteroatoms. The molecule has 2 N–H and O–H groups in total. The summed E-state index contributed by atoms with van der Waals surface area (Å²) in [5, 5.41) is 0. The van der Waals surface area contributed by atoms with E-state index in [-0.39, 0.29) is 18.6 Å². The number of carbonyl (C=O) groups is 2. The van der Waals surface area contributed by atoms with E-state index in [1.54, 1.807) is 9.80 Å². The normalized spacial score (nSPS) is 15.3. The molecular formula is C21H25N3O3. The summed E-state index contributed by atoms with van der Waals surface area (Å²) < 4.78 is 5.35. The number of rotatable bonds is 5. The van der Waals surface area contributed by atoms with Crippen LogP contribution in [0.5, 0.6) is 0 Å². The SMILES string of the molecule is N[C@H](Cc1ccccc1)C(=O)N1CCN(C(=O)OCc2ccccc2)CC1. The van der Waals surface area contributed by atoms with Gasteiger partial charge in [-0.3, -0.25) is 4.79 Å². The molecule has 1 aliphatic rings. The Hall–Kier alpha value is -2.86. The van der Waals surface area contributed by atoms with E-state index in [9.17, 15) is 9.59 Å². The van der Waals surface area contributed by atoms with Gasteiger partial charge in [-0.1, -0.05) is 60.7 Å². The Morgan fingerprint density at radius 3 is 1.96 bits per heavy atom. The van der Waals surface area contributed by atoms with Crippen molar-refractivity contribution >= 4 is 12.0 Å². The number of benzene rings is 2. The topological polar surface area (TPSA) is 75.9 Å². The van der Waals surface area contributed by atoms with Crippen molar-refractivity contribution in [2.24, 2.45) is 5.73 Å². The lowest BCUT2D eigenvalue weighted by molar-refractivity contribution is -0.134. The Bertz CT molecular complexity index is 744. The summed E-state index contributed by atoms with van der Waals surface area (Å²) >= 11 is 0. The zero-order valence-corrected chi connectivity index (χ0v) is 15.3. The third-order valence-electron chi connectivity index (χ3n) is 4.67. The van der Waals surface area contributed by atoms with Crippen molar-refractivity contribution in [2.75, 3.05) is 26.2 Å². The van der Waals surface area contributed by atoms with Crippen LogP contribution in [0.4, 0.5) is 4.79 Å². The molecule has 0 saturated carbocycles. The highest BCUT2D eigenvalue weighted by atomic mass is 16.6. The molecule has 1 aliphatic heterocycles. The first kappa shape index (κ1) is 18.9. The van der Waals surface area contributed by atoms with E-state index >= 15 is 0 Å². The molecule has 2 aromatic rings. The number of piperazine rings is 1. The molecule has 1 saturated heterocycles. The molecule has 0 radical (unpaired) electrons. The summed E-state index contributed by atoms with van der Waals surface area (Å²) in [5.74, 6) is -0.0730. The van der Waals surface area contributed by atoms with E-state index in [4.69, 9.17) is 10.5 Å². The smallest absolute Gasteiger partial charge is 0.410 e. The number of nitrogens with zero attached hydrogens (tertiary/aromatic N) is 2. The second-order valence-electron chi connectivity index (χ2n) is 6.65. The zero-order chi connectivity index (χ0) is 19.1. The Kier molecular flexibility index (Phi) is 6.44. The molecule has 27 heavy (non-hydrogen) atoms. The van der Waals surface area contributed by atoms with E-state index in [0.29, 0.717) is 32.6 Å². The Morgan fingerprint density at radius 1 is 0.852 bits per heavy atom. The van der Waals surface area contributed by atoms with Crippen molar-refractivity contribution in [3.8, 4) is 0 Å². The van der Waals surface area contributed by atoms with Crippen LogP contribution in [-0.2, 0) is 22.6 Å². The number of carbonyl (C=O) groups excluding carboxylic acids is 2. The average Bonchev–Trinajstić information content (AvgIpc) is 2.73. The van der Waals surface area contributed by atoms with Crippen LogP contribution in [0.25, 0.3) is 0 Å². The molecule has 1 heterocycles. The van der Waals surface area contributed by atoms with E-state index in [0.717, 1.165) is 11.1 Å². The van der Waals surface area contributed by atoms with Gasteiger partial charge in [-0.25, -0.2) is 4.79 Å². The van der Waals surface area contributed by atoms with Crippen LogP contribution in [0.3, 0.4) is 0 Å².